The Morgan fingerprint density at radius 2 is 1.25 bits per heavy atom. The predicted molar refractivity (Wildman–Crippen MR) is 203 cm³/mol. The van der Waals surface area contributed by atoms with Gasteiger partial charge in [0.25, 0.3) is 0 Å². The molecule has 3 aromatic heterocycles. The zero-order chi connectivity index (χ0) is 37.4. The van der Waals surface area contributed by atoms with Gasteiger partial charge in [-0.1, -0.05) is 58.7 Å². The van der Waals surface area contributed by atoms with E-state index in [0.717, 1.165) is 34.0 Å². The quantitative estimate of drug-likeness (QED) is 0.264. The number of carbonyl (C=O) groups is 2. The minimum absolute atomic E-state index is 0. The zero-order valence-corrected chi connectivity index (χ0v) is 34.5. The summed E-state index contributed by atoms with van der Waals surface area (Å²) in [5.74, 6) is 1.92. The van der Waals surface area contributed by atoms with Crippen molar-refractivity contribution in [1.29, 1.82) is 0 Å². The number of hydrogen-bond acceptors (Lipinski definition) is 10. The third-order valence-electron chi connectivity index (χ3n) is 10.6. The molecule has 1 radical (unpaired) electrons. The molecule has 0 aliphatic carbocycles. The van der Waals surface area contributed by atoms with E-state index in [1.165, 1.54) is 0 Å². The molecule has 3 aliphatic rings. The zero-order valence-electron chi connectivity index (χ0n) is 31.9. The van der Waals surface area contributed by atoms with Crippen LogP contribution in [0.2, 0.25) is 16.6 Å². The van der Waals surface area contributed by atoms with Crippen molar-refractivity contribution in [2.75, 3.05) is 65.4 Å². The summed E-state index contributed by atoms with van der Waals surface area (Å²) in [5, 5.41) is 28.3. The molecule has 295 valence electrons. The van der Waals surface area contributed by atoms with E-state index in [1.54, 1.807) is 6.20 Å². The smallest absolute Gasteiger partial charge is 0.317 e. The number of fused-ring (bicyclic) bond motifs is 8. The summed E-state index contributed by atoms with van der Waals surface area (Å²) in [5.41, 5.74) is 10.3. The molecule has 6 bridgehead atoms. The number of aromatic nitrogens is 5. The fourth-order valence-electron chi connectivity index (χ4n) is 7.99. The number of carboxylic acid groups (broad SMARTS) is 2. The van der Waals surface area contributed by atoms with Crippen LogP contribution in [0, 0.1) is 48.3 Å². The van der Waals surface area contributed by atoms with Gasteiger partial charge in [-0.2, -0.15) is 0 Å². The van der Waals surface area contributed by atoms with Crippen LogP contribution in [0.15, 0.2) is 36.5 Å². The second-order valence-electron chi connectivity index (χ2n) is 15.2. The predicted octanol–water partition coefficient (Wildman–Crippen LogP) is 3.76. The van der Waals surface area contributed by atoms with Crippen LogP contribution >= 0.6 is 0 Å². The first-order chi connectivity index (χ1) is 24.8. The van der Waals surface area contributed by atoms with Crippen molar-refractivity contribution in [3.63, 3.8) is 0 Å². The Labute approximate surface area is 344 Å². The number of nitrogens with zero attached hydrogens (tertiary/aromatic N) is 9. The molecular weight excluding hydrogens is 850 g/mol. The molecular formula is C38H55LuN9O4Si. The molecule has 3 aliphatic heterocycles. The van der Waals surface area contributed by atoms with Crippen LogP contribution in [0.5, 0.6) is 0 Å². The van der Waals surface area contributed by atoms with Crippen molar-refractivity contribution < 1.29 is 56.7 Å². The van der Waals surface area contributed by atoms with Gasteiger partial charge in [-0.05, 0) is 40.9 Å². The molecule has 1 fully saturated rings. The van der Waals surface area contributed by atoms with Crippen LogP contribution < -0.4 is 0 Å². The Morgan fingerprint density at radius 1 is 0.736 bits per heavy atom. The summed E-state index contributed by atoms with van der Waals surface area (Å²) in [6, 6.07) is 10.1. The Hall–Kier alpha value is -2.77. The summed E-state index contributed by atoms with van der Waals surface area (Å²) in [4.78, 5) is 42.5. The minimum Gasteiger partial charge on any atom is -0.480 e. The summed E-state index contributed by atoms with van der Waals surface area (Å²) < 4.78 is 1.85. The number of rotatable bonds is 7. The first-order valence-corrected chi connectivity index (χ1v) is 20.8. The average molecular weight is 905 g/mol. The van der Waals surface area contributed by atoms with Gasteiger partial charge in [0.05, 0.1) is 48.6 Å². The van der Waals surface area contributed by atoms with Crippen molar-refractivity contribution in [1.82, 2.24) is 44.6 Å². The van der Waals surface area contributed by atoms with E-state index in [9.17, 15) is 19.8 Å². The fourth-order valence-corrected chi connectivity index (χ4v) is 13.2. The number of aliphatic carboxylic acids is 2. The van der Waals surface area contributed by atoms with E-state index in [1.807, 2.05) is 32.7 Å². The van der Waals surface area contributed by atoms with E-state index in [4.69, 9.17) is 9.97 Å². The second-order valence-corrected chi connectivity index (χ2v) is 20.7. The molecule has 3 aromatic rings. The monoisotopic (exact) mass is 904 g/mol. The van der Waals surface area contributed by atoms with E-state index in [0.29, 0.717) is 88.6 Å². The molecule has 0 saturated carbocycles. The molecule has 13 nitrogen and oxygen atoms in total. The van der Waals surface area contributed by atoms with E-state index >= 15 is 0 Å². The van der Waals surface area contributed by atoms with Crippen LogP contribution in [-0.2, 0) is 29.2 Å². The van der Waals surface area contributed by atoms with Gasteiger partial charge >= 0.3 is 11.9 Å². The van der Waals surface area contributed by atoms with Crippen LogP contribution in [0.25, 0.3) is 11.4 Å². The van der Waals surface area contributed by atoms with Crippen molar-refractivity contribution in [2.24, 2.45) is 0 Å². The third kappa shape index (κ3) is 11.6. The normalized spacial score (nSPS) is 19.2. The van der Waals surface area contributed by atoms with Crippen LogP contribution in [0.4, 0.5) is 0 Å². The van der Waals surface area contributed by atoms with E-state index < -0.39 is 20.0 Å². The van der Waals surface area contributed by atoms with Gasteiger partial charge in [-0.3, -0.25) is 34.2 Å². The Balaban J connectivity index is 0.00000627. The van der Waals surface area contributed by atoms with E-state index in [2.05, 4.69) is 85.3 Å². The van der Waals surface area contributed by atoms with E-state index in [-0.39, 0.29) is 50.0 Å². The van der Waals surface area contributed by atoms with Crippen molar-refractivity contribution in [3.8, 4) is 22.9 Å². The van der Waals surface area contributed by atoms with Gasteiger partial charge in [0, 0.05) is 108 Å². The first-order valence-electron chi connectivity index (χ1n) is 18.5. The van der Waals surface area contributed by atoms with Crippen LogP contribution in [-0.4, -0.2) is 140 Å². The largest absolute Gasteiger partial charge is 0.480 e. The van der Waals surface area contributed by atoms with Gasteiger partial charge in [-0.15, -0.1) is 10.6 Å². The molecule has 6 heterocycles. The standard InChI is InChI=1S/C38H55N9O4Si.Lu/c1-28(2)52(29(3)4,30(5)6)19-10-31-20-33-24-44-13-17-45(26-37(48)49)15-11-43(12-16-46(18-14-44)27-38(50)51)23-32-8-7-9-35(41-32)36-22-39-42-47(36)25-34(21-31)40-33;/h7-9,20-22,28-30H,11-18,23-27H2,1-6H3,(H,48,49)(H,50,51);. The first kappa shape index (κ1) is 43.0. The van der Waals surface area contributed by atoms with Crippen LogP contribution in [0.3, 0.4) is 0 Å². The maximum atomic E-state index is 11.9. The number of pyridine rings is 2. The van der Waals surface area contributed by atoms with Gasteiger partial charge < -0.3 is 10.2 Å². The summed E-state index contributed by atoms with van der Waals surface area (Å²) in [6.45, 7) is 19.8. The summed E-state index contributed by atoms with van der Waals surface area (Å²) in [6.07, 6.45) is 1.73. The molecule has 2 N–H and O–H groups in total. The number of hydrogen-bond donors (Lipinski definition) is 2. The minimum atomic E-state index is -2.02. The number of carboxylic acids is 2. The molecule has 0 spiro atoms. The fraction of sp³-hybridized carbons (Fsp3) is 0.579. The Bertz CT molecular complexity index is 1700. The van der Waals surface area contributed by atoms with Gasteiger partial charge in [0.15, 0.2) is 0 Å². The Morgan fingerprint density at radius 3 is 1.75 bits per heavy atom. The molecule has 6 rings (SSSR count). The molecule has 0 atom stereocenters. The average Bonchev–Trinajstić information content (AvgIpc) is 3.53. The maximum absolute atomic E-state index is 11.9. The maximum Gasteiger partial charge on any atom is 0.317 e. The molecule has 0 unspecified atom stereocenters. The van der Waals surface area contributed by atoms with Gasteiger partial charge in [0.2, 0.25) is 0 Å². The molecule has 0 amide bonds. The van der Waals surface area contributed by atoms with Gasteiger partial charge in [-0.25, -0.2) is 9.67 Å². The molecule has 15 heteroatoms. The summed E-state index contributed by atoms with van der Waals surface area (Å²) >= 11 is 0. The second kappa shape index (κ2) is 19.7. The van der Waals surface area contributed by atoms with Crippen molar-refractivity contribution in [2.45, 2.75) is 77.8 Å². The molecule has 0 aromatic carbocycles. The van der Waals surface area contributed by atoms with Crippen molar-refractivity contribution >= 4 is 20.0 Å². The molecule has 53 heavy (non-hydrogen) atoms. The van der Waals surface area contributed by atoms with Crippen molar-refractivity contribution in [3.05, 3.63) is 59.2 Å². The van der Waals surface area contributed by atoms with Gasteiger partial charge in [0.1, 0.15) is 13.8 Å². The Kier molecular flexibility index (Phi) is 16.0. The summed E-state index contributed by atoms with van der Waals surface area (Å²) in [7, 11) is -2.02. The topological polar surface area (TPSA) is 144 Å². The third-order valence-corrected chi connectivity index (χ3v) is 16.9. The molecule has 1 saturated heterocycles. The SMILES string of the molecule is CC(C)[Si](C#Cc1cc2nc(c1)Cn1nncc1-c1cccc(n1)CN1CCN(CC(=O)O)CCN(CCN(CC(=O)O)CC1)C2)(C(C)C)C(C)C.[Lu]. The van der Waals surface area contributed by atoms with Crippen LogP contribution in [0.1, 0.15) is 64.2 Å².